The zero-order valence-electron chi connectivity index (χ0n) is 11.6. The van der Waals surface area contributed by atoms with Gasteiger partial charge in [-0.2, -0.15) is 0 Å². The summed E-state index contributed by atoms with van der Waals surface area (Å²) in [6, 6.07) is 2.70. The maximum Gasteiger partial charge on any atom is 0.0947 e. The Morgan fingerprint density at radius 3 is 2.79 bits per heavy atom. The number of ether oxygens (including phenoxy) is 1. The van der Waals surface area contributed by atoms with Gasteiger partial charge in [-0.05, 0) is 18.9 Å². The average Bonchev–Trinajstić information content (AvgIpc) is 2.96. The molecule has 1 aliphatic rings. The van der Waals surface area contributed by atoms with Crippen molar-refractivity contribution >= 4 is 0 Å². The van der Waals surface area contributed by atoms with E-state index >= 15 is 0 Å². The second kappa shape index (κ2) is 8.35. The summed E-state index contributed by atoms with van der Waals surface area (Å²) in [6.07, 6.45) is 10.2. The molecule has 4 heteroatoms. The Morgan fingerprint density at radius 1 is 1.26 bits per heavy atom. The molecular weight excluding hydrogens is 242 g/mol. The van der Waals surface area contributed by atoms with Crippen molar-refractivity contribution in [1.29, 1.82) is 0 Å². The fourth-order valence-corrected chi connectivity index (χ4v) is 2.80. The van der Waals surface area contributed by atoms with E-state index in [1.165, 1.54) is 37.7 Å². The Morgan fingerprint density at radius 2 is 2.11 bits per heavy atom. The zero-order chi connectivity index (χ0) is 13.3. The maximum absolute atomic E-state index is 8.74. The summed E-state index contributed by atoms with van der Waals surface area (Å²) in [5.41, 5.74) is 1.23. The van der Waals surface area contributed by atoms with Crippen molar-refractivity contribution in [1.82, 2.24) is 4.90 Å². The molecule has 1 aromatic rings. The first-order chi connectivity index (χ1) is 9.40. The Bertz CT molecular complexity index is 320. The average molecular weight is 267 g/mol. The Hall–Kier alpha value is -0.840. The van der Waals surface area contributed by atoms with Crippen LogP contribution in [0.4, 0.5) is 0 Å². The molecule has 0 amide bonds. The molecule has 1 heterocycles. The standard InChI is InChI=1S/C15H25NO3/c17-8-11-18-10-7-16(12-14-6-9-19-13-14)15-4-2-1-3-5-15/h6,9,13,15,17H,1-5,7-8,10-12H2. The van der Waals surface area contributed by atoms with Crippen molar-refractivity contribution < 1.29 is 14.3 Å². The van der Waals surface area contributed by atoms with Gasteiger partial charge in [0.05, 0.1) is 32.3 Å². The molecule has 2 rings (SSSR count). The van der Waals surface area contributed by atoms with Gasteiger partial charge >= 0.3 is 0 Å². The first-order valence-corrected chi connectivity index (χ1v) is 7.34. The van der Waals surface area contributed by atoms with E-state index in [1.54, 1.807) is 6.26 Å². The van der Waals surface area contributed by atoms with Crippen molar-refractivity contribution in [2.24, 2.45) is 0 Å². The third kappa shape index (κ3) is 4.97. The molecule has 1 N–H and O–H groups in total. The summed E-state index contributed by atoms with van der Waals surface area (Å²) in [5.74, 6) is 0. The Labute approximate surface area is 115 Å². The van der Waals surface area contributed by atoms with Gasteiger partial charge < -0.3 is 14.3 Å². The number of furan rings is 1. The topological polar surface area (TPSA) is 45.8 Å². The number of aliphatic hydroxyl groups is 1. The number of nitrogens with zero attached hydrogens (tertiary/aromatic N) is 1. The van der Waals surface area contributed by atoms with Crippen LogP contribution in [0.1, 0.15) is 37.7 Å². The van der Waals surface area contributed by atoms with E-state index in [0.717, 1.165) is 13.1 Å². The lowest BCUT2D eigenvalue weighted by molar-refractivity contribution is 0.0535. The molecule has 1 fully saturated rings. The van der Waals surface area contributed by atoms with Crippen molar-refractivity contribution in [3.8, 4) is 0 Å². The molecule has 0 spiro atoms. The van der Waals surface area contributed by atoms with Gasteiger partial charge in [0, 0.05) is 24.7 Å². The lowest BCUT2D eigenvalue weighted by atomic mass is 9.94. The first kappa shape index (κ1) is 14.6. The summed E-state index contributed by atoms with van der Waals surface area (Å²) in [5, 5.41) is 8.74. The Kier molecular flexibility index (Phi) is 6.41. The molecule has 19 heavy (non-hydrogen) atoms. The van der Waals surface area contributed by atoms with Gasteiger partial charge in [0.15, 0.2) is 0 Å². The highest BCUT2D eigenvalue weighted by atomic mass is 16.5. The molecule has 0 unspecified atom stereocenters. The maximum atomic E-state index is 8.74. The van der Waals surface area contributed by atoms with E-state index in [1.807, 2.05) is 12.3 Å². The van der Waals surface area contributed by atoms with Crippen LogP contribution in [0, 0.1) is 0 Å². The summed E-state index contributed by atoms with van der Waals surface area (Å²) in [6.45, 7) is 3.09. The van der Waals surface area contributed by atoms with Crippen molar-refractivity contribution in [3.05, 3.63) is 24.2 Å². The quantitative estimate of drug-likeness (QED) is 0.735. The highest BCUT2D eigenvalue weighted by molar-refractivity contribution is 5.05. The molecule has 0 atom stereocenters. The molecule has 0 bridgehead atoms. The van der Waals surface area contributed by atoms with Crippen LogP contribution in [-0.2, 0) is 11.3 Å². The monoisotopic (exact) mass is 267 g/mol. The van der Waals surface area contributed by atoms with Crippen LogP contribution >= 0.6 is 0 Å². The van der Waals surface area contributed by atoms with Crippen molar-refractivity contribution in [3.63, 3.8) is 0 Å². The summed E-state index contributed by atoms with van der Waals surface area (Å²) < 4.78 is 10.6. The third-order valence-electron chi connectivity index (χ3n) is 3.82. The predicted molar refractivity (Wildman–Crippen MR) is 73.9 cm³/mol. The SMILES string of the molecule is OCCOCCN(Cc1ccoc1)C1CCCCC1. The number of aliphatic hydroxyl groups excluding tert-OH is 1. The fraction of sp³-hybridized carbons (Fsp3) is 0.733. The molecule has 0 radical (unpaired) electrons. The first-order valence-electron chi connectivity index (χ1n) is 7.34. The van der Waals surface area contributed by atoms with Gasteiger partial charge in [-0.3, -0.25) is 4.90 Å². The molecule has 1 aromatic heterocycles. The zero-order valence-corrected chi connectivity index (χ0v) is 11.6. The number of rotatable bonds is 8. The predicted octanol–water partition coefficient (Wildman–Crippen LogP) is 2.42. The molecule has 4 nitrogen and oxygen atoms in total. The van der Waals surface area contributed by atoms with Gasteiger partial charge in [0.2, 0.25) is 0 Å². The second-order valence-corrected chi connectivity index (χ2v) is 5.23. The second-order valence-electron chi connectivity index (χ2n) is 5.23. The lowest BCUT2D eigenvalue weighted by Gasteiger charge is -2.34. The van der Waals surface area contributed by atoms with Crippen LogP contribution in [0.5, 0.6) is 0 Å². The Balaban J connectivity index is 1.84. The molecular formula is C15H25NO3. The van der Waals surface area contributed by atoms with E-state index < -0.39 is 0 Å². The van der Waals surface area contributed by atoms with Crippen molar-refractivity contribution in [2.45, 2.75) is 44.7 Å². The lowest BCUT2D eigenvalue weighted by Crippen LogP contribution is -2.38. The van der Waals surface area contributed by atoms with Crippen LogP contribution in [0.25, 0.3) is 0 Å². The van der Waals surface area contributed by atoms with Crippen LogP contribution < -0.4 is 0 Å². The van der Waals surface area contributed by atoms with Gasteiger partial charge in [0.25, 0.3) is 0 Å². The van der Waals surface area contributed by atoms with E-state index in [2.05, 4.69) is 4.90 Å². The smallest absolute Gasteiger partial charge is 0.0947 e. The summed E-state index contributed by atoms with van der Waals surface area (Å²) in [4.78, 5) is 2.50. The third-order valence-corrected chi connectivity index (χ3v) is 3.82. The van der Waals surface area contributed by atoms with Gasteiger partial charge in [-0.1, -0.05) is 19.3 Å². The fourth-order valence-electron chi connectivity index (χ4n) is 2.80. The summed E-state index contributed by atoms with van der Waals surface area (Å²) >= 11 is 0. The molecule has 1 aliphatic carbocycles. The van der Waals surface area contributed by atoms with Crippen LogP contribution in [0.3, 0.4) is 0 Å². The van der Waals surface area contributed by atoms with Gasteiger partial charge in [0.1, 0.15) is 0 Å². The summed E-state index contributed by atoms with van der Waals surface area (Å²) in [7, 11) is 0. The van der Waals surface area contributed by atoms with Crippen LogP contribution in [0.2, 0.25) is 0 Å². The van der Waals surface area contributed by atoms with Crippen molar-refractivity contribution in [2.75, 3.05) is 26.4 Å². The molecule has 0 aromatic carbocycles. The molecule has 0 aliphatic heterocycles. The molecule has 0 saturated heterocycles. The molecule has 108 valence electrons. The largest absolute Gasteiger partial charge is 0.472 e. The van der Waals surface area contributed by atoms with Gasteiger partial charge in [-0.15, -0.1) is 0 Å². The van der Waals surface area contributed by atoms with E-state index in [0.29, 0.717) is 19.3 Å². The van der Waals surface area contributed by atoms with Crippen LogP contribution in [0.15, 0.2) is 23.0 Å². The normalized spacial score (nSPS) is 17.2. The number of hydrogen-bond acceptors (Lipinski definition) is 4. The minimum Gasteiger partial charge on any atom is -0.472 e. The van der Waals surface area contributed by atoms with Gasteiger partial charge in [-0.25, -0.2) is 0 Å². The minimum atomic E-state index is 0.102. The molecule has 1 saturated carbocycles. The van der Waals surface area contributed by atoms with E-state index in [9.17, 15) is 0 Å². The van der Waals surface area contributed by atoms with Crippen LogP contribution in [-0.4, -0.2) is 42.4 Å². The van der Waals surface area contributed by atoms with E-state index in [-0.39, 0.29) is 6.61 Å². The number of hydrogen-bond donors (Lipinski definition) is 1. The minimum absolute atomic E-state index is 0.102. The highest BCUT2D eigenvalue weighted by Gasteiger charge is 2.21. The highest BCUT2D eigenvalue weighted by Crippen LogP contribution is 2.24. The van der Waals surface area contributed by atoms with E-state index in [4.69, 9.17) is 14.3 Å².